The van der Waals surface area contributed by atoms with E-state index in [2.05, 4.69) is 46.5 Å². The van der Waals surface area contributed by atoms with E-state index in [4.69, 9.17) is 0 Å². The van der Waals surface area contributed by atoms with Gasteiger partial charge in [-0.05, 0) is 30.5 Å². The molecule has 3 nitrogen and oxygen atoms in total. The Kier molecular flexibility index (Phi) is 3.70. The van der Waals surface area contributed by atoms with Gasteiger partial charge in [0.2, 0.25) is 0 Å². The monoisotopic (exact) mass is 227 g/mol. The zero-order valence-corrected chi connectivity index (χ0v) is 10.3. The topological polar surface area (TPSA) is 37.8 Å². The van der Waals surface area contributed by atoms with Gasteiger partial charge in [0, 0.05) is 12.7 Å². The molecular formula is C14H17N3. The van der Waals surface area contributed by atoms with Crippen LogP contribution < -0.4 is 5.32 Å². The zero-order chi connectivity index (χ0) is 12.1. The molecule has 3 heteroatoms. The van der Waals surface area contributed by atoms with Crippen LogP contribution >= 0.6 is 0 Å². The van der Waals surface area contributed by atoms with E-state index < -0.39 is 0 Å². The highest BCUT2D eigenvalue weighted by atomic mass is 15.0. The third-order valence-electron chi connectivity index (χ3n) is 2.68. The number of hydrogen-bond donors (Lipinski definition) is 1. The molecule has 0 saturated carbocycles. The van der Waals surface area contributed by atoms with Crippen molar-refractivity contribution in [2.75, 3.05) is 5.32 Å². The van der Waals surface area contributed by atoms with Gasteiger partial charge >= 0.3 is 0 Å². The lowest BCUT2D eigenvalue weighted by Gasteiger charge is -2.06. The fourth-order valence-corrected chi connectivity index (χ4v) is 1.64. The van der Waals surface area contributed by atoms with E-state index in [1.165, 1.54) is 11.1 Å². The summed E-state index contributed by atoms with van der Waals surface area (Å²) in [5.41, 5.74) is 2.63. The Hall–Kier alpha value is -1.90. The highest BCUT2D eigenvalue weighted by molar-refractivity contribution is 5.34. The van der Waals surface area contributed by atoms with Crippen LogP contribution in [-0.4, -0.2) is 9.97 Å². The van der Waals surface area contributed by atoms with Crippen molar-refractivity contribution in [1.82, 2.24) is 9.97 Å². The van der Waals surface area contributed by atoms with Crippen molar-refractivity contribution in [1.29, 1.82) is 0 Å². The van der Waals surface area contributed by atoms with Crippen LogP contribution in [0.2, 0.25) is 0 Å². The number of aromatic nitrogens is 2. The first kappa shape index (κ1) is 11.6. The Bertz CT molecular complexity index is 477. The molecule has 2 aromatic rings. The van der Waals surface area contributed by atoms with Gasteiger partial charge in [0.1, 0.15) is 11.6 Å². The summed E-state index contributed by atoms with van der Waals surface area (Å²) in [6, 6.07) is 10.5. The summed E-state index contributed by atoms with van der Waals surface area (Å²) in [5, 5.41) is 3.29. The SMILES string of the molecule is CCc1ccc(CNc2ccnc(C)n2)cc1. The highest BCUT2D eigenvalue weighted by Crippen LogP contribution is 2.08. The molecule has 0 spiro atoms. The van der Waals surface area contributed by atoms with Gasteiger partial charge in [-0.1, -0.05) is 31.2 Å². The van der Waals surface area contributed by atoms with E-state index in [0.29, 0.717) is 0 Å². The normalized spacial score (nSPS) is 10.2. The molecule has 88 valence electrons. The Balaban J connectivity index is 1.97. The van der Waals surface area contributed by atoms with Gasteiger partial charge in [-0.15, -0.1) is 0 Å². The van der Waals surface area contributed by atoms with Crippen molar-refractivity contribution in [2.24, 2.45) is 0 Å². The number of benzene rings is 1. The van der Waals surface area contributed by atoms with Crippen LogP contribution in [0, 0.1) is 6.92 Å². The van der Waals surface area contributed by atoms with E-state index >= 15 is 0 Å². The number of aryl methyl sites for hydroxylation is 2. The lowest BCUT2D eigenvalue weighted by atomic mass is 10.1. The Morgan fingerprint density at radius 1 is 1.06 bits per heavy atom. The molecule has 1 N–H and O–H groups in total. The van der Waals surface area contributed by atoms with Gasteiger partial charge in [0.15, 0.2) is 0 Å². The molecule has 0 radical (unpaired) electrons. The average Bonchev–Trinajstić information content (AvgIpc) is 2.37. The minimum absolute atomic E-state index is 0.788. The third kappa shape index (κ3) is 3.28. The van der Waals surface area contributed by atoms with Crippen molar-refractivity contribution in [3.05, 3.63) is 53.5 Å². The standard InChI is InChI=1S/C14H17N3/c1-3-12-4-6-13(7-5-12)10-16-14-8-9-15-11(2)17-14/h4-9H,3,10H2,1-2H3,(H,15,16,17). The molecule has 1 aromatic carbocycles. The highest BCUT2D eigenvalue weighted by Gasteiger charge is 1.96. The van der Waals surface area contributed by atoms with Crippen molar-refractivity contribution >= 4 is 5.82 Å². The van der Waals surface area contributed by atoms with E-state index in [0.717, 1.165) is 24.6 Å². The third-order valence-corrected chi connectivity index (χ3v) is 2.68. The first-order valence-electron chi connectivity index (χ1n) is 5.89. The summed E-state index contributed by atoms with van der Waals surface area (Å²) in [6.45, 7) is 4.85. The fraction of sp³-hybridized carbons (Fsp3) is 0.286. The van der Waals surface area contributed by atoms with Crippen LogP contribution in [-0.2, 0) is 13.0 Å². The van der Waals surface area contributed by atoms with E-state index in [1.807, 2.05) is 13.0 Å². The molecule has 17 heavy (non-hydrogen) atoms. The van der Waals surface area contributed by atoms with E-state index in [9.17, 15) is 0 Å². The smallest absolute Gasteiger partial charge is 0.129 e. The molecule has 0 fully saturated rings. The summed E-state index contributed by atoms with van der Waals surface area (Å²) in [4.78, 5) is 8.37. The predicted octanol–water partition coefficient (Wildman–Crippen LogP) is 2.96. The molecule has 1 heterocycles. The van der Waals surface area contributed by atoms with Crippen LogP contribution in [0.3, 0.4) is 0 Å². The second kappa shape index (κ2) is 5.43. The summed E-state index contributed by atoms with van der Waals surface area (Å²) < 4.78 is 0. The molecule has 0 atom stereocenters. The van der Waals surface area contributed by atoms with Gasteiger partial charge in [-0.2, -0.15) is 0 Å². The maximum Gasteiger partial charge on any atom is 0.129 e. The molecule has 0 aliphatic heterocycles. The lowest BCUT2D eigenvalue weighted by molar-refractivity contribution is 1.02. The predicted molar refractivity (Wildman–Crippen MR) is 69.9 cm³/mol. The van der Waals surface area contributed by atoms with Gasteiger partial charge in [0.05, 0.1) is 0 Å². The minimum Gasteiger partial charge on any atom is -0.366 e. The molecular weight excluding hydrogens is 210 g/mol. The van der Waals surface area contributed by atoms with E-state index in [-0.39, 0.29) is 0 Å². The Labute approximate surface area is 102 Å². The Morgan fingerprint density at radius 2 is 1.76 bits per heavy atom. The molecule has 0 bridgehead atoms. The maximum absolute atomic E-state index is 4.30. The molecule has 0 unspecified atom stereocenters. The second-order valence-electron chi connectivity index (χ2n) is 4.01. The number of hydrogen-bond acceptors (Lipinski definition) is 3. The summed E-state index contributed by atoms with van der Waals surface area (Å²) in [5.74, 6) is 1.66. The molecule has 0 aliphatic carbocycles. The zero-order valence-electron chi connectivity index (χ0n) is 10.3. The fourth-order valence-electron chi connectivity index (χ4n) is 1.64. The second-order valence-corrected chi connectivity index (χ2v) is 4.01. The number of nitrogens with zero attached hydrogens (tertiary/aromatic N) is 2. The lowest BCUT2D eigenvalue weighted by Crippen LogP contribution is -2.02. The summed E-state index contributed by atoms with van der Waals surface area (Å²) in [7, 11) is 0. The van der Waals surface area contributed by atoms with Gasteiger partial charge in [-0.3, -0.25) is 0 Å². The molecule has 1 aromatic heterocycles. The minimum atomic E-state index is 0.788. The summed E-state index contributed by atoms with van der Waals surface area (Å²) in [6.07, 6.45) is 2.85. The molecule has 2 rings (SSSR count). The van der Waals surface area contributed by atoms with Gasteiger partial charge in [-0.25, -0.2) is 9.97 Å². The number of rotatable bonds is 4. The molecule has 0 amide bonds. The molecule has 0 aliphatic rings. The van der Waals surface area contributed by atoms with Crippen molar-refractivity contribution < 1.29 is 0 Å². The van der Waals surface area contributed by atoms with Crippen molar-refractivity contribution in [3.63, 3.8) is 0 Å². The van der Waals surface area contributed by atoms with Gasteiger partial charge < -0.3 is 5.32 Å². The van der Waals surface area contributed by atoms with E-state index in [1.54, 1.807) is 6.20 Å². The van der Waals surface area contributed by atoms with Crippen LogP contribution in [0.15, 0.2) is 36.5 Å². The van der Waals surface area contributed by atoms with Crippen molar-refractivity contribution in [3.8, 4) is 0 Å². The summed E-state index contributed by atoms with van der Waals surface area (Å²) >= 11 is 0. The maximum atomic E-state index is 4.30. The quantitative estimate of drug-likeness (QED) is 0.872. The van der Waals surface area contributed by atoms with Gasteiger partial charge in [0.25, 0.3) is 0 Å². The Morgan fingerprint density at radius 3 is 2.41 bits per heavy atom. The average molecular weight is 227 g/mol. The van der Waals surface area contributed by atoms with Crippen LogP contribution in [0.5, 0.6) is 0 Å². The molecule has 0 saturated heterocycles. The van der Waals surface area contributed by atoms with Crippen molar-refractivity contribution in [2.45, 2.75) is 26.8 Å². The number of nitrogens with one attached hydrogen (secondary N) is 1. The van der Waals surface area contributed by atoms with Crippen LogP contribution in [0.1, 0.15) is 23.9 Å². The first-order valence-corrected chi connectivity index (χ1v) is 5.89. The first-order chi connectivity index (χ1) is 8.28. The number of anilines is 1. The largest absolute Gasteiger partial charge is 0.366 e. The van der Waals surface area contributed by atoms with Crippen LogP contribution in [0.25, 0.3) is 0 Å². The van der Waals surface area contributed by atoms with Crippen LogP contribution in [0.4, 0.5) is 5.82 Å².